The highest BCUT2D eigenvalue weighted by Crippen LogP contribution is 2.09. The smallest absolute Gasteiger partial charge is 0.342 e. The van der Waals surface area contributed by atoms with Crippen molar-refractivity contribution in [1.82, 2.24) is 5.32 Å². The van der Waals surface area contributed by atoms with Crippen molar-refractivity contribution in [3.63, 3.8) is 0 Å². The number of benzene rings is 1. The zero-order chi connectivity index (χ0) is 14.4. The van der Waals surface area contributed by atoms with Crippen LogP contribution < -0.4 is 10.6 Å². The van der Waals surface area contributed by atoms with E-state index in [1.54, 1.807) is 0 Å². The number of carbonyl (C=O) groups is 2. The highest BCUT2D eigenvalue weighted by molar-refractivity contribution is 6.20. The first-order valence-electron chi connectivity index (χ1n) is 5.66. The van der Waals surface area contributed by atoms with Crippen LogP contribution in [0, 0.1) is 5.82 Å². The van der Waals surface area contributed by atoms with E-state index in [1.165, 1.54) is 24.3 Å². The Morgan fingerprint density at radius 3 is 2.32 bits per heavy atom. The minimum atomic E-state index is -1.34. The monoisotopic (exact) mass is 266 g/mol. The maximum Gasteiger partial charge on any atom is 0.342 e. The molecular weight excluding hydrogens is 251 g/mol. The number of rotatable bonds is 5. The Kier molecular flexibility index (Phi) is 5.05. The van der Waals surface area contributed by atoms with Gasteiger partial charge in [0.1, 0.15) is 11.4 Å². The van der Waals surface area contributed by atoms with Crippen LogP contribution in [0.2, 0.25) is 0 Å². The van der Waals surface area contributed by atoms with E-state index in [9.17, 15) is 14.0 Å². The summed E-state index contributed by atoms with van der Waals surface area (Å²) in [5.41, 5.74) is -0.0962. The number of nitrogens with one attached hydrogen (secondary N) is 2. The normalized spacial score (nSPS) is 11.3. The number of hydrogen-bond donors (Lipinski definition) is 3. The van der Waals surface area contributed by atoms with Gasteiger partial charge in [-0.3, -0.25) is 4.79 Å². The maximum absolute atomic E-state index is 12.7. The number of hydrogen-bond acceptors (Lipinski definition) is 3. The van der Waals surface area contributed by atoms with Gasteiger partial charge in [-0.1, -0.05) is 0 Å². The molecule has 0 heterocycles. The third-order valence-electron chi connectivity index (χ3n) is 2.14. The minimum absolute atomic E-state index is 0.00738. The topological polar surface area (TPSA) is 78.4 Å². The average Bonchev–Trinajstić information content (AvgIpc) is 2.31. The summed E-state index contributed by atoms with van der Waals surface area (Å²) >= 11 is 0. The highest BCUT2D eigenvalue weighted by atomic mass is 19.1. The summed E-state index contributed by atoms with van der Waals surface area (Å²) < 4.78 is 12.7. The average molecular weight is 266 g/mol. The van der Waals surface area contributed by atoms with Crippen LogP contribution in [0.5, 0.6) is 0 Å². The maximum atomic E-state index is 12.7. The van der Waals surface area contributed by atoms with Gasteiger partial charge in [-0.15, -0.1) is 0 Å². The Bertz CT molecular complexity index is 495. The van der Waals surface area contributed by atoms with E-state index in [0.29, 0.717) is 5.69 Å². The molecule has 0 fully saturated rings. The molecule has 0 spiro atoms. The Balaban J connectivity index is 2.80. The fourth-order valence-electron chi connectivity index (χ4n) is 1.21. The Morgan fingerprint density at radius 2 is 1.84 bits per heavy atom. The molecule has 0 saturated heterocycles. The molecule has 0 radical (unpaired) electrons. The first kappa shape index (κ1) is 14.7. The molecule has 0 saturated carbocycles. The largest absolute Gasteiger partial charge is 0.477 e. The van der Waals surface area contributed by atoms with E-state index in [2.05, 4.69) is 10.6 Å². The van der Waals surface area contributed by atoms with Crippen LogP contribution in [0.4, 0.5) is 10.1 Å². The van der Waals surface area contributed by atoms with E-state index in [-0.39, 0.29) is 6.04 Å². The Hall–Kier alpha value is -2.37. The molecule has 5 nitrogen and oxygen atoms in total. The molecule has 1 aromatic carbocycles. The van der Waals surface area contributed by atoms with E-state index in [0.717, 1.165) is 6.20 Å². The fraction of sp³-hybridized carbons (Fsp3) is 0.231. The summed E-state index contributed by atoms with van der Waals surface area (Å²) in [5, 5.41) is 14.1. The van der Waals surface area contributed by atoms with Crippen LogP contribution in [-0.4, -0.2) is 23.0 Å². The van der Waals surface area contributed by atoms with Crippen molar-refractivity contribution in [2.45, 2.75) is 19.9 Å². The molecule has 0 aliphatic rings. The van der Waals surface area contributed by atoms with Gasteiger partial charge < -0.3 is 15.7 Å². The van der Waals surface area contributed by atoms with Crippen LogP contribution in [-0.2, 0) is 9.59 Å². The lowest BCUT2D eigenvalue weighted by Crippen LogP contribution is -2.25. The van der Waals surface area contributed by atoms with Crippen LogP contribution in [0.25, 0.3) is 0 Å². The van der Waals surface area contributed by atoms with Crippen molar-refractivity contribution in [1.29, 1.82) is 0 Å². The standard InChI is InChI=1S/C13H15FN2O3/c1-8(2)15-7-11(13(18)19)12(17)16-10-5-3-9(14)4-6-10/h3-8,15H,1-2H3,(H,16,17)(H,18,19)/b11-7+. The van der Waals surface area contributed by atoms with Crippen LogP contribution >= 0.6 is 0 Å². The lowest BCUT2D eigenvalue weighted by molar-refractivity contribution is -0.134. The number of anilines is 1. The molecule has 3 N–H and O–H groups in total. The van der Waals surface area contributed by atoms with Crippen LogP contribution in [0.1, 0.15) is 13.8 Å². The van der Waals surface area contributed by atoms with Gasteiger partial charge in [0.25, 0.3) is 5.91 Å². The Morgan fingerprint density at radius 1 is 1.26 bits per heavy atom. The molecule has 6 heteroatoms. The second-order valence-electron chi connectivity index (χ2n) is 4.15. The summed E-state index contributed by atoms with van der Waals surface area (Å²) in [6.07, 6.45) is 1.14. The number of carbonyl (C=O) groups excluding carboxylic acids is 1. The molecule has 0 bridgehead atoms. The van der Waals surface area contributed by atoms with Gasteiger partial charge in [0.15, 0.2) is 0 Å². The second-order valence-corrected chi connectivity index (χ2v) is 4.15. The number of aliphatic carboxylic acids is 1. The third kappa shape index (κ3) is 4.79. The van der Waals surface area contributed by atoms with Gasteiger partial charge in [-0.25, -0.2) is 9.18 Å². The molecule has 19 heavy (non-hydrogen) atoms. The summed E-state index contributed by atoms with van der Waals surface area (Å²) in [6.45, 7) is 3.63. The zero-order valence-corrected chi connectivity index (χ0v) is 10.6. The van der Waals surface area contributed by atoms with Crippen molar-refractivity contribution in [2.24, 2.45) is 0 Å². The molecule has 1 aromatic rings. The molecule has 1 rings (SSSR count). The van der Waals surface area contributed by atoms with Gasteiger partial charge in [0, 0.05) is 17.9 Å². The van der Waals surface area contributed by atoms with E-state index < -0.39 is 23.3 Å². The van der Waals surface area contributed by atoms with Gasteiger partial charge in [0.05, 0.1) is 0 Å². The SMILES string of the molecule is CC(C)N/C=C(/C(=O)O)C(=O)Nc1ccc(F)cc1. The lowest BCUT2D eigenvalue weighted by atomic mass is 10.2. The molecule has 0 atom stereocenters. The highest BCUT2D eigenvalue weighted by Gasteiger charge is 2.17. The van der Waals surface area contributed by atoms with Gasteiger partial charge in [0.2, 0.25) is 0 Å². The van der Waals surface area contributed by atoms with Crippen molar-refractivity contribution >= 4 is 17.6 Å². The van der Waals surface area contributed by atoms with E-state index in [4.69, 9.17) is 5.11 Å². The summed E-state index contributed by atoms with van der Waals surface area (Å²) in [7, 11) is 0. The van der Waals surface area contributed by atoms with Crippen molar-refractivity contribution in [3.8, 4) is 0 Å². The molecule has 1 amide bonds. The van der Waals surface area contributed by atoms with E-state index in [1.807, 2.05) is 13.8 Å². The summed E-state index contributed by atoms with van der Waals surface area (Å²) in [5.74, 6) is -2.55. The summed E-state index contributed by atoms with van der Waals surface area (Å²) in [6, 6.07) is 5.05. The number of halogens is 1. The van der Waals surface area contributed by atoms with E-state index >= 15 is 0 Å². The van der Waals surface area contributed by atoms with Crippen LogP contribution in [0.3, 0.4) is 0 Å². The first-order valence-corrected chi connectivity index (χ1v) is 5.66. The number of carboxylic acid groups (broad SMARTS) is 1. The molecule has 0 aliphatic carbocycles. The minimum Gasteiger partial charge on any atom is -0.477 e. The molecule has 102 valence electrons. The number of carboxylic acids is 1. The van der Waals surface area contributed by atoms with Crippen LogP contribution in [0.15, 0.2) is 36.0 Å². The molecule has 0 aliphatic heterocycles. The first-order chi connectivity index (χ1) is 8.90. The quantitative estimate of drug-likeness (QED) is 0.431. The Labute approximate surface area is 110 Å². The second kappa shape index (κ2) is 6.53. The molecule has 0 unspecified atom stereocenters. The van der Waals surface area contributed by atoms with Crippen molar-refractivity contribution in [2.75, 3.05) is 5.32 Å². The van der Waals surface area contributed by atoms with Gasteiger partial charge in [-0.05, 0) is 38.1 Å². The van der Waals surface area contributed by atoms with Gasteiger partial charge in [-0.2, -0.15) is 0 Å². The fourth-order valence-corrected chi connectivity index (χ4v) is 1.21. The zero-order valence-electron chi connectivity index (χ0n) is 10.6. The predicted molar refractivity (Wildman–Crippen MR) is 69.0 cm³/mol. The van der Waals surface area contributed by atoms with Gasteiger partial charge >= 0.3 is 5.97 Å². The third-order valence-corrected chi connectivity index (χ3v) is 2.14. The summed E-state index contributed by atoms with van der Waals surface area (Å²) in [4.78, 5) is 22.7. The number of amides is 1. The molecular formula is C13H15FN2O3. The predicted octanol–water partition coefficient (Wildman–Crippen LogP) is 1.73. The lowest BCUT2D eigenvalue weighted by Gasteiger charge is -2.08. The van der Waals surface area contributed by atoms with Crippen molar-refractivity contribution in [3.05, 3.63) is 41.9 Å². The van der Waals surface area contributed by atoms with Crippen molar-refractivity contribution < 1.29 is 19.1 Å². The molecule has 0 aromatic heterocycles.